The van der Waals surface area contributed by atoms with Gasteiger partial charge in [-0.2, -0.15) is 0 Å². The summed E-state index contributed by atoms with van der Waals surface area (Å²) in [5.41, 5.74) is 0. The Morgan fingerprint density at radius 1 is 1.06 bits per heavy atom. The normalized spacial score (nSPS) is 13.8. The first-order valence-corrected chi connectivity index (χ1v) is 7.83. The highest BCUT2D eigenvalue weighted by atomic mass is 32.2. The van der Waals surface area contributed by atoms with Crippen molar-refractivity contribution in [2.45, 2.75) is 33.1 Å². The molecule has 2 N–H and O–H groups in total. The van der Waals surface area contributed by atoms with Crippen LogP contribution in [-0.4, -0.2) is 40.6 Å². The van der Waals surface area contributed by atoms with Crippen LogP contribution in [0.4, 0.5) is 0 Å². The Morgan fingerprint density at radius 2 is 1.65 bits per heavy atom. The SMILES string of the molecule is CCCOCCOCCC(C)CCS(N)(=O)=O. The Bertz CT molecular complexity index is 267. The molecular formula is C11H25NO4S. The highest BCUT2D eigenvalue weighted by Crippen LogP contribution is 2.08. The van der Waals surface area contributed by atoms with E-state index in [4.69, 9.17) is 14.6 Å². The maximum atomic E-state index is 10.7. The van der Waals surface area contributed by atoms with Crippen molar-refractivity contribution in [2.24, 2.45) is 11.1 Å². The predicted molar refractivity (Wildman–Crippen MR) is 68.3 cm³/mol. The summed E-state index contributed by atoms with van der Waals surface area (Å²) in [4.78, 5) is 0. The Labute approximate surface area is 105 Å². The quantitative estimate of drug-likeness (QED) is 0.569. The zero-order chi connectivity index (χ0) is 13.1. The molecule has 0 aliphatic carbocycles. The molecule has 0 spiro atoms. The van der Waals surface area contributed by atoms with E-state index in [2.05, 4.69) is 6.92 Å². The Kier molecular flexibility index (Phi) is 9.72. The van der Waals surface area contributed by atoms with Gasteiger partial charge in [-0.1, -0.05) is 13.8 Å². The molecule has 17 heavy (non-hydrogen) atoms. The summed E-state index contributed by atoms with van der Waals surface area (Å²) in [5, 5.41) is 4.93. The molecule has 6 heteroatoms. The van der Waals surface area contributed by atoms with Crippen LogP contribution in [0.3, 0.4) is 0 Å². The van der Waals surface area contributed by atoms with E-state index in [0.717, 1.165) is 19.4 Å². The maximum Gasteiger partial charge on any atom is 0.209 e. The maximum absolute atomic E-state index is 10.7. The van der Waals surface area contributed by atoms with Crippen molar-refractivity contribution in [1.29, 1.82) is 0 Å². The highest BCUT2D eigenvalue weighted by Gasteiger charge is 2.07. The summed E-state index contributed by atoms with van der Waals surface area (Å²) in [6, 6.07) is 0. The third kappa shape index (κ3) is 13.8. The van der Waals surface area contributed by atoms with Crippen LogP contribution in [0.2, 0.25) is 0 Å². The Morgan fingerprint density at radius 3 is 2.18 bits per heavy atom. The van der Waals surface area contributed by atoms with E-state index < -0.39 is 10.0 Å². The van der Waals surface area contributed by atoms with E-state index in [1.165, 1.54) is 0 Å². The standard InChI is InChI=1S/C11H25NO4S/c1-3-6-15-8-9-16-7-4-11(2)5-10-17(12,13)14/h11H,3-10H2,1-2H3,(H2,12,13,14). The van der Waals surface area contributed by atoms with E-state index in [1.54, 1.807) is 0 Å². The fourth-order valence-corrected chi connectivity index (χ4v) is 1.99. The minimum absolute atomic E-state index is 0.0494. The van der Waals surface area contributed by atoms with Crippen molar-refractivity contribution in [3.05, 3.63) is 0 Å². The smallest absolute Gasteiger partial charge is 0.209 e. The molecule has 0 radical (unpaired) electrons. The molecule has 0 aliphatic rings. The van der Waals surface area contributed by atoms with Gasteiger partial charge in [0.05, 0.1) is 19.0 Å². The van der Waals surface area contributed by atoms with Gasteiger partial charge in [0.2, 0.25) is 10.0 Å². The van der Waals surface area contributed by atoms with Gasteiger partial charge in [-0.25, -0.2) is 13.6 Å². The molecule has 0 saturated heterocycles. The van der Waals surface area contributed by atoms with Gasteiger partial charge >= 0.3 is 0 Å². The van der Waals surface area contributed by atoms with Crippen LogP contribution < -0.4 is 5.14 Å². The van der Waals surface area contributed by atoms with Crippen LogP contribution in [-0.2, 0) is 19.5 Å². The third-order valence-electron chi connectivity index (χ3n) is 2.37. The van der Waals surface area contributed by atoms with Crippen LogP contribution in [0.15, 0.2) is 0 Å². The van der Waals surface area contributed by atoms with Crippen molar-refractivity contribution in [1.82, 2.24) is 0 Å². The van der Waals surface area contributed by atoms with Crippen LogP contribution in [0.1, 0.15) is 33.1 Å². The lowest BCUT2D eigenvalue weighted by atomic mass is 10.1. The monoisotopic (exact) mass is 267 g/mol. The lowest BCUT2D eigenvalue weighted by Crippen LogP contribution is -2.18. The zero-order valence-corrected chi connectivity index (χ0v) is 11.7. The topological polar surface area (TPSA) is 78.6 Å². The minimum atomic E-state index is -3.33. The van der Waals surface area contributed by atoms with Gasteiger partial charge in [-0.05, 0) is 25.2 Å². The van der Waals surface area contributed by atoms with E-state index in [0.29, 0.717) is 32.2 Å². The summed E-state index contributed by atoms with van der Waals surface area (Å²) < 4.78 is 32.1. The molecule has 0 aromatic carbocycles. The number of sulfonamides is 1. The lowest BCUT2D eigenvalue weighted by molar-refractivity contribution is 0.0436. The molecule has 0 amide bonds. The van der Waals surface area contributed by atoms with E-state index in [-0.39, 0.29) is 5.75 Å². The van der Waals surface area contributed by atoms with Gasteiger partial charge in [0.1, 0.15) is 0 Å². The molecule has 0 heterocycles. The largest absolute Gasteiger partial charge is 0.379 e. The molecule has 0 rings (SSSR count). The average Bonchev–Trinajstić information content (AvgIpc) is 2.24. The molecule has 1 unspecified atom stereocenters. The van der Waals surface area contributed by atoms with Crippen molar-refractivity contribution in [3.8, 4) is 0 Å². The van der Waals surface area contributed by atoms with Crippen molar-refractivity contribution >= 4 is 10.0 Å². The number of primary sulfonamides is 1. The number of rotatable bonds is 11. The number of ether oxygens (including phenoxy) is 2. The second-order valence-corrected chi connectivity index (χ2v) is 6.01. The van der Waals surface area contributed by atoms with E-state index >= 15 is 0 Å². The molecule has 104 valence electrons. The Hall–Kier alpha value is -0.170. The lowest BCUT2D eigenvalue weighted by Gasteiger charge is -2.10. The molecule has 0 saturated carbocycles. The summed E-state index contributed by atoms with van der Waals surface area (Å²) in [6.07, 6.45) is 2.46. The van der Waals surface area contributed by atoms with Crippen molar-refractivity contribution in [3.63, 3.8) is 0 Å². The number of hydrogen-bond acceptors (Lipinski definition) is 4. The first kappa shape index (κ1) is 16.8. The average molecular weight is 267 g/mol. The molecule has 1 atom stereocenters. The third-order valence-corrected chi connectivity index (χ3v) is 3.18. The Balaban J connectivity index is 3.30. The molecule has 0 aliphatic heterocycles. The van der Waals surface area contributed by atoms with Gasteiger partial charge in [-0.3, -0.25) is 0 Å². The summed E-state index contributed by atoms with van der Waals surface area (Å²) in [5.74, 6) is 0.359. The fraction of sp³-hybridized carbons (Fsp3) is 1.00. The summed E-state index contributed by atoms with van der Waals surface area (Å²) in [6.45, 7) is 6.70. The van der Waals surface area contributed by atoms with Crippen LogP contribution in [0, 0.1) is 5.92 Å². The van der Waals surface area contributed by atoms with Crippen LogP contribution in [0.25, 0.3) is 0 Å². The van der Waals surface area contributed by atoms with Gasteiger partial charge in [-0.15, -0.1) is 0 Å². The first-order chi connectivity index (χ1) is 7.95. The number of hydrogen-bond donors (Lipinski definition) is 1. The van der Waals surface area contributed by atoms with E-state index in [1.807, 2.05) is 6.92 Å². The fourth-order valence-electron chi connectivity index (χ4n) is 1.26. The van der Waals surface area contributed by atoms with Gasteiger partial charge in [0.25, 0.3) is 0 Å². The highest BCUT2D eigenvalue weighted by molar-refractivity contribution is 7.89. The second-order valence-electron chi connectivity index (χ2n) is 4.27. The van der Waals surface area contributed by atoms with Crippen molar-refractivity contribution in [2.75, 3.05) is 32.2 Å². The van der Waals surface area contributed by atoms with E-state index in [9.17, 15) is 8.42 Å². The molecule has 0 aromatic heterocycles. The number of nitrogens with two attached hydrogens (primary N) is 1. The molecule has 0 aromatic rings. The molecule has 0 fully saturated rings. The van der Waals surface area contributed by atoms with Crippen LogP contribution in [0.5, 0.6) is 0 Å². The van der Waals surface area contributed by atoms with Crippen LogP contribution >= 0.6 is 0 Å². The first-order valence-electron chi connectivity index (χ1n) is 6.11. The molecule has 0 bridgehead atoms. The van der Waals surface area contributed by atoms with Gasteiger partial charge < -0.3 is 9.47 Å². The minimum Gasteiger partial charge on any atom is -0.379 e. The molecule has 5 nitrogen and oxygen atoms in total. The van der Waals surface area contributed by atoms with Gasteiger partial charge in [0, 0.05) is 13.2 Å². The molecular weight excluding hydrogens is 242 g/mol. The predicted octanol–water partition coefficient (Wildman–Crippen LogP) is 1.13. The summed E-state index contributed by atoms with van der Waals surface area (Å²) in [7, 11) is -3.33. The zero-order valence-electron chi connectivity index (χ0n) is 10.9. The second kappa shape index (κ2) is 9.82. The summed E-state index contributed by atoms with van der Waals surface area (Å²) >= 11 is 0. The van der Waals surface area contributed by atoms with Gasteiger partial charge in [0.15, 0.2) is 0 Å². The van der Waals surface area contributed by atoms with Crippen molar-refractivity contribution < 1.29 is 17.9 Å².